The molecule has 0 aromatic rings. The first-order valence-electron chi connectivity index (χ1n) is 3.55. The number of aldehydes is 1. The number of hydrogen-bond donors (Lipinski definition) is 1. The lowest BCUT2D eigenvalue weighted by Crippen LogP contribution is -2.51. The minimum Gasteiger partial charge on any atom is -0.310 e. The van der Waals surface area contributed by atoms with Gasteiger partial charge in [0.05, 0.1) is 0 Å². The Balaban J connectivity index is 4.26. The highest BCUT2D eigenvalue weighted by Crippen LogP contribution is 2.10. The predicted molar refractivity (Wildman–Crippen MR) is 49.0 cm³/mol. The van der Waals surface area contributed by atoms with E-state index in [4.69, 9.17) is 5.73 Å². The Morgan fingerprint density at radius 1 is 1.71 bits per heavy atom. The summed E-state index contributed by atoms with van der Waals surface area (Å²) < 4.78 is 0. The molecule has 0 aliphatic rings. The maximum atomic E-state index is 11.0. The summed E-state index contributed by atoms with van der Waals surface area (Å²) >= 11 is 1.41. The zero-order chi connectivity index (χ0) is 11.0. The summed E-state index contributed by atoms with van der Waals surface area (Å²) in [5.41, 5.74) is 3.60. The number of thioether (sulfide) groups is 1. The summed E-state index contributed by atoms with van der Waals surface area (Å²) in [6.45, 7) is 0. The van der Waals surface area contributed by atoms with Crippen LogP contribution in [0.25, 0.3) is 0 Å². The van der Waals surface area contributed by atoms with Gasteiger partial charge in [-0.15, -0.1) is 9.90 Å². The van der Waals surface area contributed by atoms with E-state index in [1.54, 1.807) is 6.26 Å². The summed E-state index contributed by atoms with van der Waals surface area (Å²) in [6, 6.07) is 0. The SMILES string of the molecule is CSCCC(N)(C=O)C(=O)OON=O. The zero-order valence-corrected chi connectivity index (χ0v) is 8.28. The van der Waals surface area contributed by atoms with Crippen molar-refractivity contribution >= 4 is 24.0 Å². The maximum Gasteiger partial charge on any atom is 0.385 e. The molecule has 7 nitrogen and oxygen atoms in total. The molecule has 0 bridgehead atoms. The monoisotopic (exact) mass is 222 g/mol. The molecule has 2 N–H and O–H groups in total. The molecule has 14 heavy (non-hydrogen) atoms. The summed E-state index contributed by atoms with van der Waals surface area (Å²) in [5.74, 6) is -0.639. The second-order valence-corrected chi connectivity index (χ2v) is 3.41. The molecular formula is C6H10N2O5S. The van der Waals surface area contributed by atoms with E-state index in [2.05, 4.69) is 9.88 Å². The van der Waals surface area contributed by atoms with Crippen LogP contribution >= 0.6 is 11.8 Å². The van der Waals surface area contributed by atoms with E-state index in [0.29, 0.717) is 5.75 Å². The van der Waals surface area contributed by atoms with Crippen LogP contribution in [0.4, 0.5) is 0 Å². The molecule has 0 rings (SSSR count). The molecule has 8 heteroatoms. The van der Waals surface area contributed by atoms with Crippen LogP contribution < -0.4 is 5.73 Å². The number of carbonyl (C=O) groups is 2. The van der Waals surface area contributed by atoms with Gasteiger partial charge in [-0.25, -0.2) is 9.68 Å². The first-order valence-corrected chi connectivity index (χ1v) is 4.95. The van der Waals surface area contributed by atoms with Crippen molar-refractivity contribution in [1.29, 1.82) is 0 Å². The smallest absolute Gasteiger partial charge is 0.310 e. The molecule has 1 unspecified atom stereocenters. The third kappa shape index (κ3) is 3.71. The molecular weight excluding hydrogens is 212 g/mol. The van der Waals surface area contributed by atoms with Crippen LogP contribution in [0.3, 0.4) is 0 Å². The average molecular weight is 222 g/mol. The highest BCUT2D eigenvalue weighted by Gasteiger charge is 2.36. The van der Waals surface area contributed by atoms with E-state index in [9.17, 15) is 14.5 Å². The summed E-state index contributed by atoms with van der Waals surface area (Å²) in [7, 11) is 0. The average Bonchev–Trinajstić information content (AvgIpc) is 2.22. The van der Waals surface area contributed by atoms with Crippen molar-refractivity contribution in [3.8, 4) is 0 Å². The number of rotatable bonds is 7. The fourth-order valence-corrected chi connectivity index (χ4v) is 1.15. The molecule has 0 amide bonds. The molecule has 80 valence electrons. The molecule has 0 spiro atoms. The quantitative estimate of drug-likeness (QED) is 0.209. The molecule has 0 heterocycles. The van der Waals surface area contributed by atoms with Gasteiger partial charge in [-0.1, -0.05) is 0 Å². The maximum absolute atomic E-state index is 11.0. The second kappa shape index (κ2) is 6.33. The lowest BCUT2D eigenvalue weighted by Gasteiger charge is -2.17. The minimum atomic E-state index is -1.78. The van der Waals surface area contributed by atoms with Gasteiger partial charge in [0.15, 0.2) is 11.8 Å². The first kappa shape index (κ1) is 12.8. The third-order valence-electron chi connectivity index (χ3n) is 1.45. The van der Waals surface area contributed by atoms with Gasteiger partial charge in [-0.05, 0) is 18.4 Å². The number of nitrogens with zero attached hydrogens (tertiary/aromatic N) is 1. The lowest BCUT2D eigenvalue weighted by atomic mass is 10.0. The lowest BCUT2D eigenvalue weighted by molar-refractivity contribution is -0.278. The van der Waals surface area contributed by atoms with Crippen molar-refractivity contribution in [1.82, 2.24) is 0 Å². The fourth-order valence-electron chi connectivity index (χ4n) is 0.607. The highest BCUT2D eigenvalue weighted by atomic mass is 32.2. The van der Waals surface area contributed by atoms with Crippen molar-refractivity contribution in [2.45, 2.75) is 12.0 Å². The van der Waals surface area contributed by atoms with E-state index in [1.807, 2.05) is 5.34 Å². The standard InChI is InChI=1S/C6H10N2O5S/c1-14-3-2-6(7,4-9)5(10)12-13-8-11/h4H,2-3,7H2,1H3. The summed E-state index contributed by atoms with van der Waals surface area (Å²) in [4.78, 5) is 38.4. The van der Waals surface area contributed by atoms with Gasteiger partial charge < -0.3 is 10.5 Å². The van der Waals surface area contributed by atoms with Gasteiger partial charge >= 0.3 is 5.97 Å². The molecule has 0 fully saturated rings. The van der Waals surface area contributed by atoms with Gasteiger partial charge in [-0.2, -0.15) is 11.8 Å². The van der Waals surface area contributed by atoms with Crippen molar-refractivity contribution in [2.24, 2.45) is 11.1 Å². The molecule has 1 atom stereocenters. The van der Waals surface area contributed by atoms with E-state index in [-0.39, 0.29) is 12.7 Å². The largest absolute Gasteiger partial charge is 0.385 e. The van der Waals surface area contributed by atoms with Crippen molar-refractivity contribution < 1.29 is 19.5 Å². The molecule has 0 aromatic heterocycles. The number of carbonyl (C=O) groups excluding carboxylic acids is 2. The fraction of sp³-hybridized carbons (Fsp3) is 0.667. The van der Waals surface area contributed by atoms with Gasteiger partial charge in [0.1, 0.15) is 0 Å². The van der Waals surface area contributed by atoms with Crippen LogP contribution in [-0.4, -0.2) is 29.8 Å². The molecule has 0 radical (unpaired) electrons. The van der Waals surface area contributed by atoms with Crippen molar-refractivity contribution in [2.75, 3.05) is 12.0 Å². The summed E-state index contributed by atoms with van der Waals surface area (Å²) in [5, 5.41) is 1.83. The van der Waals surface area contributed by atoms with Crippen LogP contribution in [0.1, 0.15) is 6.42 Å². The number of nitrogens with two attached hydrogens (primary N) is 1. The highest BCUT2D eigenvalue weighted by molar-refractivity contribution is 7.98. The topological polar surface area (TPSA) is 108 Å². The third-order valence-corrected chi connectivity index (χ3v) is 2.07. The number of hydrogen-bond acceptors (Lipinski definition) is 8. The van der Waals surface area contributed by atoms with E-state index >= 15 is 0 Å². The molecule has 0 aliphatic carbocycles. The normalized spacial score (nSPS) is 13.9. The molecule has 0 saturated heterocycles. The molecule has 0 aromatic carbocycles. The second-order valence-electron chi connectivity index (χ2n) is 2.42. The zero-order valence-electron chi connectivity index (χ0n) is 7.47. The van der Waals surface area contributed by atoms with E-state index in [1.165, 1.54) is 11.8 Å². The Labute approximate surface area is 84.2 Å². The van der Waals surface area contributed by atoms with E-state index < -0.39 is 11.5 Å². The van der Waals surface area contributed by atoms with Crippen LogP contribution in [0.15, 0.2) is 5.34 Å². The van der Waals surface area contributed by atoms with Crippen molar-refractivity contribution in [3.05, 3.63) is 4.91 Å². The Bertz CT molecular complexity index is 224. The van der Waals surface area contributed by atoms with Crippen LogP contribution in [0.5, 0.6) is 0 Å². The van der Waals surface area contributed by atoms with Gasteiger partial charge in [0, 0.05) is 0 Å². The Morgan fingerprint density at radius 3 is 2.79 bits per heavy atom. The van der Waals surface area contributed by atoms with Crippen LogP contribution in [0, 0.1) is 4.91 Å². The van der Waals surface area contributed by atoms with Gasteiger partial charge in [0.2, 0.25) is 5.34 Å². The van der Waals surface area contributed by atoms with Crippen molar-refractivity contribution in [3.63, 3.8) is 0 Å². The Hall–Kier alpha value is -1.15. The Morgan fingerprint density at radius 2 is 2.36 bits per heavy atom. The Kier molecular flexibility index (Phi) is 5.81. The summed E-state index contributed by atoms with van der Waals surface area (Å²) in [6.07, 6.45) is 2.14. The van der Waals surface area contributed by atoms with Crippen LogP contribution in [-0.2, 0) is 19.5 Å². The van der Waals surface area contributed by atoms with E-state index in [0.717, 1.165) is 0 Å². The predicted octanol–water partition coefficient (Wildman–Crippen LogP) is -0.208. The molecule has 0 aliphatic heterocycles. The van der Waals surface area contributed by atoms with Gasteiger partial charge in [0.25, 0.3) is 0 Å². The minimum absolute atomic E-state index is 0.0959. The molecule has 0 saturated carbocycles. The first-order chi connectivity index (χ1) is 6.60. The van der Waals surface area contributed by atoms with Gasteiger partial charge in [-0.3, -0.25) is 0 Å². The van der Waals surface area contributed by atoms with Crippen LogP contribution in [0.2, 0.25) is 0 Å².